The van der Waals surface area contributed by atoms with Crippen LogP contribution in [0, 0.1) is 17.8 Å². The Morgan fingerprint density at radius 1 is 1.30 bits per heavy atom. The molecule has 2 aliphatic rings. The van der Waals surface area contributed by atoms with Gasteiger partial charge in [0, 0.05) is 12.2 Å². The van der Waals surface area contributed by atoms with Gasteiger partial charge in [0.2, 0.25) is 0 Å². The summed E-state index contributed by atoms with van der Waals surface area (Å²) < 4.78 is 2.06. The van der Waals surface area contributed by atoms with E-state index in [1.165, 1.54) is 12.8 Å². The van der Waals surface area contributed by atoms with E-state index >= 15 is 0 Å². The molecule has 20 heavy (non-hydrogen) atoms. The summed E-state index contributed by atoms with van der Waals surface area (Å²) in [6.45, 7) is 3.09. The minimum atomic E-state index is 0.533. The molecule has 4 nitrogen and oxygen atoms in total. The average molecular weight is 268 g/mol. The van der Waals surface area contributed by atoms with E-state index in [9.17, 15) is 0 Å². The highest BCUT2D eigenvalue weighted by Crippen LogP contribution is 2.44. The lowest BCUT2D eigenvalue weighted by Gasteiger charge is -2.26. The van der Waals surface area contributed by atoms with Crippen LogP contribution in [0.1, 0.15) is 25.6 Å². The highest BCUT2D eigenvalue weighted by Gasteiger charge is 2.38. The number of aromatic nitrogens is 3. The van der Waals surface area contributed by atoms with Crippen LogP contribution in [0.5, 0.6) is 0 Å². The third-order valence-corrected chi connectivity index (χ3v) is 4.94. The Hall–Kier alpha value is -1.68. The van der Waals surface area contributed by atoms with E-state index < -0.39 is 0 Å². The van der Waals surface area contributed by atoms with Crippen molar-refractivity contribution in [1.29, 1.82) is 0 Å². The molecule has 2 aromatic rings. The van der Waals surface area contributed by atoms with Crippen LogP contribution in [0.15, 0.2) is 36.5 Å². The predicted molar refractivity (Wildman–Crippen MR) is 78.1 cm³/mol. The van der Waals surface area contributed by atoms with Crippen LogP contribution in [-0.4, -0.2) is 20.6 Å². The summed E-state index contributed by atoms with van der Waals surface area (Å²) in [5.74, 6) is 3.40. The molecule has 1 saturated carbocycles. The van der Waals surface area contributed by atoms with Crippen molar-refractivity contribution in [2.75, 3.05) is 0 Å². The third-order valence-electron chi connectivity index (χ3n) is 4.94. The molecule has 2 heterocycles. The molecule has 4 heteroatoms. The Morgan fingerprint density at radius 3 is 3.05 bits per heavy atom. The number of rotatable bonds is 4. The second kappa shape index (κ2) is 4.70. The van der Waals surface area contributed by atoms with E-state index in [2.05, 4.69) is 39.0 Å². The van der Waals surface area contributed by atoms with E-state index in [0.717, 1.165) is 35.8 Å². The second-order valence-electron chi connectivity index (χ2n) is 6.16. The highest BCUT2D eigenvalue weighted by molar-refractivity contribution is 5.36. The van der Waals surface area contributed by atoms with Crippen molar-refractivity contribution >= 4 is 5.65 Å². The van der Waals surface area contributed by atoms with Gasteiger partial charge in [-0.2, -0.15) is 0 Å². The molecule has 0 aromatic carbocycles. The normalized spacial score (nSPS) is 29.4. The van der Waals surface area contributed by atoms with Gasteiger partial charge in [0.15, 0.2) is 11.5 Å². The number of fused-ring (bicyclic) bond motifs is 3. The van der Waals surface area contributed by atoms with E-state index in [0.29, 0.717) is 6.04 Å². The molecule has 2 aliphatic carbocycles. The van der Waals surface area contributed by atoms with Crippen LogP contribution in [0.3, 0.4) is 0 Å². The quantitative estimate of drug-likeness (QED) is 0.866. The molecule has 0 spiro atoms. The molecule has 1 fully saturated rings. The Morgan fingerprint density at radius 2 is 2.25 bits per heavy atom. The van der Waals surface area contributed by atoms with Gasteiger partial charge in [0.25, 0.3) is 0 Å². The van der Waals surface area contributed by atoms with Crippen LogP contribution in [0.4, 0.5) is 0 Å². The number of nitrogens with one attached hydrogen (secondary N) is 1. The molecule has 0 aliphatic heterocycles. The third kappa shape index (κ3) is 1.95. The number of hydrogen-bond acceptors (Lipinski definition) is 3. The molecule has 0 saturated heterocycles. The van der Waals surface area contributed by atoms with Gasteiger partial charge in [-0.05, 0) is 49.7 Å². The van der Waals surface area contributed by atoms with Crippen molar-refractivity contribution in [1.82, 2.24) is 19.9 Å². The van der Waals surface area contributed by atoms with Crippen molar-refractivity contribution in [2.24, 2.45) is 17.8 Å². The van der Waals surface area contributed by atoms with Gasteiger partial charge < -0.3 is 5.32 Å². The first kappa shape index (κ1) is 12.1. The largest absolute Gasteiger partial charge is 0.307 e. The molecule has 2 bridgehead atoms. The number of hydrogen-bond donors (Lipinski definition) is 1. The summed E-state index contributed by atoms with van der Waals surface area (Å²) in [4.78, 5) is 0. The van der Waals surface area contributed by atoms with Gasteiger partial charge >= 0.3 is 0 Å². The van der Waals surface area contributed by atoms with Crippen molar-refractivity contribution in [3.63, 3.8) is 0 Å². The van der Waals surface area contributed by atoms with Gasteiger partial charge in [-0.15, -0.1) is 10.2 Å². The number of nitrogens with zero attached hydrogens (tertiary/aromatic N) is 3. The molecule has 4 atom stereocenters. The lowest BCUT2D eigenvalue weighted by atomic mass is 9.87. The zero-order valence-corrected chi connectivity index (χ0v) is 11.7. The van der Waals surface area contributed by atoms with Gasteiger partial charge in [0.1, 0.15) is 0 Å². The van der Waals surface area contributed by atoms with Crippen LogP contribution >= 0.6 is 0 Å². The molecule has 4 unspecified atom stereocenters. The molecule has 0 amide bonds. The molecule has 104 valence electrons. The van der Waals surface area contributed by atoms with Crippen molar-refractivity contribution in [2.45, 2.75) is 32.4 Å². The summed E-state index contributed by atoms with van der Waals surface area (Å²) in [6.07, 6.45) is 9.56. The van der Waals surface area contributed by atoms with Crippen LogP contribution in [-0.2, 0) is 6.54 Å². The molecule has 0 radical (unpaired) electrons. The van der Waals surface area contributed by atoms with Crippen molar-refractivity contribution in [3.8, 4) is 0 Å². The van der Waals surface area contributed by atoms with Crippen molar-refractivity contribution in [3.05, 3.63) is 42.4 Å². The van der Waals surface area contributed by atoms with E-state index in [1.807, 2.05) is 24.4 Å². The average Bonchev–Trinajstić information content (AvgIpc) is 3.19. The Balaban J connectivity index is 1.44. The summed E-state index contributed by atoms with van der Waals surface area (Å²) in [5.41, 5.74) is 0.916. The molecule has 1 N–H and O–H groups in total. The minimum Gasteiger partial charge on any atom is -0.307 e. The van der Waals surface area contributed by atoms with Gasteiger partial charge in [-0.3, -0.25) is 4.40 Å². The SMILES string of the molecule is CC(NCc1nnc2ccccn12)C1CC2C=CC1C2. The first-order valence-corrected chi connectivity index (χ1v) is 7.51. The summed E-state index contributed by atoms with van der Waals surface area (Å²) in [5, 5.41) is 12.1. The van der Waals surface area contributed by atoms with Crippen LogP contribution < -0.4 is 5.32 Å². The predicted octanol–water partition coefficient (Wildman–Crippen LogP) is 2.42. The second-order valence-corrected chi connectivity index (χ2v) is 6.16. The van der Waals surface area contributed by atoms with Crippen molar-refractivity contribution < 1.29 is 0 Å². The number of allylic oxidation sites excluding steroid dienone is 2. The first-order chi connectivity index (χ1) is 9.81. The van der Waals surface area contributed by atoms with Crippen LogP contribution in [0.2, 0.25) is 0 Å². The lowest BCUT2D eigenvalue weighted by Crippen LogP contribution is -2.35. The topological polar surface area (TPSA) is 42.2 Å². The molecular formula is C16H20N4. The van der Waals surface area contributed by atoms with Gasteiger partial charge in [-0.25, -0.2) is 0 Å². The Bertz CT molecular complexity index is 645. The Labute approximate surface area is 118 Å². The molecule has 2 aromatic heterocycles. The van der Waals surface area contributed by atoms with Gasteiger partial charge in [0.05, 0.1) is 6.54 Å². The lowest BCUT2D eigenvalue weighted by molar-refractivity contribution is 0.324. The maximum absolute atomic E-state index is 4.28. The smallest absolute Gasteiger partial charge is 0.160 e. The highest BCUT2D eigenvalue weighted by atomic mass is 15.3. The van der Waals surface area contributed by atoms with E-state index in [1.54, 1.807) is 0 Å². The minimum absolute atomic E-state index is 0.533. The summed E-state index contributed by atoms with van der Waals surface area (Å²) in [7, 11) is 0. The maximum atomic E-state index is 4.28. The summed E-state index contributed by atoms with van der Waals surface area (Å²) >= 11 is 0. The fourth-order valence-electron chi connectivity index (χ4n) is 3.81. The molecule has 4 rings (SSSR count). The maximum Gasteiger partial charge on any atom is 0.160 e. The van der Waals surface area contributed by atoms with E-state index in [4.69, 9.17) is 0 Å². The van der Waals surface area contributed by atoms with Crippen LogP contribution in [0.25, 0.3) is 5.65 Å². The zero-order chi connectivity index (χ0) is 13.5. The van der Waals surface area contributed by atoms with Gasteiger partial charge in [-0.1, -0.05) is 18.2 Å². The standard InChI is InChI=1S/C16H20N4/c1-11(14-9-12-5-6-13(14)8-12)17-10-16-19-18-15-4-2-3-7-20(15)16/h2-7,11-14,17H,8-10H2,1H3. The molecular weight excluding hydrogens is 248 g/mol. The Kier molecular flexibility index (Phi) is 2.84. The number of pyridine rings is 1. The first-order valence-electron chi connectivity index (χ1n) is 7.51. The fraction of sp³-hybridized carbons (Fsp3) is 0.500. The monoisotopic (exact) mass is 268 g/mol. The van der Waals surface area contributed by atoms with E-state index in [-0.39, 0.29) is 0 Å². The fourth-order valence-corrected chi connectivity index (χ4v) is 3.81. The zero-order valence-electron chi connectivity index (χ0n) is 11.7. The summed E-state index contributed by atoms with van der Waals surface area (Å²) in [6, 6.07) is 6.53.